The molecular formula is C16H26ClNO2. The van der Waals surface area contributed by atoms with Gasteiger partial charge in [-0.1, -0.05) is 37.8 Å². The highest BCUT2D eigenvalue weighted by Gasteiger charge is 2.04. The quantitative estimate of drug-likeness (QED) is 0.626. The average Bonchev–Trinajstić information content (AvgIpc) is 2.45. The Morgan fingerprint density at radius 1 is 1.15 bits per heavy atom. The number of ether oxygens (including phenoxy) is 2. The Morgan fingerprint density at radius 2 is 2.00 bits per heavy atom. The molecule has 0 aliphatic heterocycles. The first-order chi connectivity index (χ1) is 9.77. The van der Waals surface area contributed by atoms with Crippen molar-refractivity contribution < 1.29 is 9.47 Å². The lowest BCUT2D eigenvalue weighted by Crippen LogP contribution is -2.19. The predicted molar refractivity (Wildman–Crippen MR) is 84.7 cm³/mol. The third-order valence-corrected chi connectivity index (χ3v) is 3.31. The molecule has 0 fully saturated rings. The van der Waals surface area contributed by atoms with E-state index in [-0.39, 0.29) is 0 Å². The van der Waals surface area contributed by atoms with Crippen molar-refractivity contribution >= 4 is 11.6 Å². The average molecular weight is 300 g/mol. The van der Waals surface area contributed by atoms with Crippen molar-refractivity contribution in [2.45, 2.75) is 39.2 Å². The molecule has 20 heavy (non-hydrogen) atoms. The van der Waals surface area contributed by atoms with E-state index in [1.807, 2.05) is 18.2 Å². The first kappa shape index (κ1) is 17.3. The van der Waals surface area contributed by atoms with Crippen LogP contribution in [-0.4, -0.2) is 26.9 Å². The number of methoxy groups -OCH3 is 1. The Bertz CT molecular complexity index is 371. The molecule has 0 bridgehead atoms. The normalized spacial score (nSPS) is 10.8. The third-order valence-electron chi connectivity index (χ3n) is 3.08. The molecule has 0 spiro atoms. The van der Waals surface area contributed by atoms with Crippen LogP contribution in [0.4, 0.5) is 0 Å². The van der Waals surface area contributed by atoms with Gasteiger partial charge in [-0.3, -0.25) is 0 Å². The molecule has 0 saturated carbocycles. The van der Waals surface area contributed by atoms with Crippen LogP contribution in [-0.2, 0) is 11.3 Å². The highest BCUT2D eigenvalue weighted by molar-refractivity contribution is 6.30. The number of hydrogen-bond donors (Lipinski definition) is 1. The van der Waals surface area contributed by atoms with E-state index in [4.69, 9.17) is 21.1 Å². The Kier molecular flexibility index (Phi) is 9.46. The smallest absolute Gasteiger partial charge is 0.123 e. The molecule has 0 unspecified atom stereocenters. The van der Waals surface area contributed by atoms with Gasteiger partial charge in [0, 0.05) is 30.8 Å². The largest absolute Gasteiger partial charge is 0.493 e. The molecule has 1 aromatic carbocycles. The molecule has 0 aliphatic rings. The number of halogens is 1. The Morgan fingerprint density at radius 3 is 2.75 bits per heavy atom. The van der Waals surface area contributed by atoms with E-state index in [0.717, 1.165) is 42.5 Å². The summed E-state index contributed by atoms with van der Waals surface area (Å²) in [7, 11) is 1.70. The third kappa shape index (κ3) is 7.13. The lowest BCUT2D eigenvalue weighted by Gasteiger charge is -2.12. The molecule has 0 saturated heterocycles. The van der Waals surface area contributed by atoms with Crippen molar-refractivity contribution in [2.24, 2.45) is 0 Å². The van der Waals surface area contributed by atoms with Gasteiger partial charge in [0.15, 0.2) is 0 Å². The number of rotatable bonds is 11. The van der Waals surface area contributed by atoms with Gasteiger partial charge in [-0.25, -0.2) is 0 Å². The van der Waals surface area contributed by atoms with Crippen molar-refractivity contribution in [3.8, 4) is 5.75 Å². The zero-order valence-corrected chi connectivity index (χ0v) is 13.3. The van der Waals surface area contributed by atoms with Crippen molar-refractivity contribution in [1.29, 1.82) is 0 Å². The fourth-order valence-electron chi connectivity index (χ4n) is 1.94. The minimum Gasteiger partial charge on any atom is -0.493 e. The molecule has 0 atom stereocenters. The predicted octanol–water partition coefficient (Wildman–Crippen LogP) is 4.04. The van der Waals surface area contributed by atoms with Gasteiger partial charge >= 0.3 is 0 Å². The van der Waals surface area contributed by atoms with Crippen molar-refractivity contribution in [2.75, 3.05) is 26.9 Å². The van der Waals surface area contributed by atoms with Crippen LogP contribution in [0.15, 0.2) is 18.2 Å². The standard InChI is InChI=1S/C16H26ClNO2/c1-3-4-5-6-10-20-16-8-7-15(17)12-14(16)13-18-9-11-19-2/h7-8,12,18H,3-6,9-11,13H2,1-2H3. The fraction of sp³-hybridized carbons (Fsp3) is 0.625. The molecular weight excluding hydrogens is 274 g/mol. The van der Waals surface area contributed by atoms with Crippen LogP contribution in [0.5, 0.6) is 5.75 Å². The first-order valence-corrected chi connectivity index (χ1v) is 7.76. The molecule has 3 nitrogen and oxygen atoms in total. The summed E-state index contributed by atoms with van der Waals surface area (Å²) in [4.78, 5) is 0. The Hall–Kier alpha value is -0.770. The lowest BCUT2D eigenvalue weighted by atomic mass is 10.2. The summed E-state index contributed by atoms with van der Waals surface area (Å²) in [5, 5.41) is 4.06. The fourth-order valence-corrected chi connectivity index (χ4v) is 2.13. The Balaban J connectivity index is 2.42. The minimum atomic E-state index is 0.702. The second-order valence-electron chi connectivity index (χ2n) is 4.83. The molecule has 114 valence electrons. The first-order valence-electron chi connectivity index (χ1n) is 7.38. The van der Waals surface area contributed by atoms with Crippen molar-refractivity contribution in [1.82, 2.24) is 5.32 Å². The molecule has 0 aliphatic carbocycles. The topological polar surface area (TPSA) is 30.5 Å². The van der Waals surface area contributed by atoms with Crippen molar-refractivity contribution in [3.05, 3.63) is 28.8 Å². The molecule has 1 rings (SSSR count). The van der Waals surface area contributed by atoms with E-state index < -0.39 is 0 Å². The van der Waals surface area contributed by atoms with Crippen LogP contribution in [0, 0.1) is 0 Å². The molecule has 0 amide bonds. The molecule has 1 aromatic rings. The molecule has 1 N–H and O–H groups in total. The van der Waals surface area contributed by atoms with E-state index in [1.165, 1.54) is 19.3 Å². The minimum absolute atomic E-state index is 0.702. The summed E-state index contributed by atoms with van der Waals surface area (Å²) in [6.45, 7) is 5.25. The second kappa shape index (κ2) is 11.0. The van der Waals surface area contributed by atoms with Gasteiger partial charge in [0.25, 0.3) is 0 Å². The SMILES string of the molecule is CCCCCCOc1ccc(Cl)cc1CNCCOC. The summed E-state index contributed by atoms with van der Waals surface area (Å²) in [6.07, 6.45) is 4.85. The van der Waals surface area contributed by atoms with Gasteiger partial charge in [-0.05, 0) is 24.6 Å². The summed E-state index contributed by atoms with van der Waals surface area (Å²) in [6, 6.07) is 5.79. The maximum Gasteiger partial charge on any atom is 0.123 e. The van der Waals surface area contributed by atoms with Crippen LogP contribution in [0.2, 0.25) is 5.02 Å². The van der Waals surface area contributed by atoms with Gasteiger partial charge in [0.2, 0.25) is 0 Å². The number of unbranched alkanes of at least 4 members (excludes halogenated alkanes) is 3. The lowest BCUT2D eigenvalue weighted by molar-refractivity contribution is 0.199. The van der Waals surface area contributed by atoms with Gasteiger partial charge in [-0.2, -0.15) is 0 Å². The summed E-state index contributed by atoms with van der Waals surface area (Å²) < 4.78 is 10.9. The van der Waals surface area contributed by atoms with Crippen LogP contribution in [0.1, 0.15) is 38.2 Å². The summed E-state index contributed by atoms with van der Waals surface area (Å²) >= 11 is 6.05. The molecule has 0 radical (unpaired) electrons. The molecule has 0 aromatic heterocycles. The van der Waals surface area contributed by atoms with E-state index in [0.29, 0.717) is 6.61 Å². The maximum atomic E-state index is 6.05. The van der Waals surface area contributed by atoms with Gasteiger partial charge in [0.1, 0.15) is 5.75 Å². The number of benzene rings is 1. The monoisotopic (exact) mass is 299 g/mol. The van der Waals surface area contributed by atoms with Gasteiger partial charge < -0.3 is 14.8 Å². The number of nitrogens with one attached hydrogen (secondary N) is 1. The van der Waals surface area contributed by atoms with Crippen LogP contribution in [0.25, 0.3) is 0 Å². The van der Waals surface area contributed by atoms with E-state index in [9.17, 15) is 0 Å². The van der Waals surface area contributed by atoms with Crippen LogP contribution in [0.3, 0.4) is 0 Å². The van der Waals surface area contributed by atoms with Crippen LogP contribution >= 0.6 is 11.6 Å². The summed E-state index contributed by atoms with van der Waals surface area (Å²) in [5.74, 6) is 0.927. The zero-order valence-electron chi connectivity index (χ0n) is 12.6. The summed E-state index contributed by atoms with van der Waals surface area (Å²) in [5.41, 5.74) is 1.10. The number of hydrogen-bond acceptors (Lipinski definition) is 3. The zero-order chi connectivity index (χ0) is 14.6. The maximum absolute atomic E-state index is 6.05. The highest BCUT2D eigenvalue weighted by Crippen LogP contribution is 2.23. The molecule has 4 heteroatoms. The van der Waals surface area contributed by atoms with Gasteiger partial charge in [-0.15, -0.1) is 0 Å². The van der Waals surface area contributed by atoms with Crippen LogP contribution < -0.4 is 10.1 Å². The Labute approximate surface area is 127 Å². The van der Waals surface area contributed by atoms with Crippen molar-refractivity contribution in [3.63, 3.8) is 0 Å². The highest BCUT2D eigenvalue weighted by atomic mass is 35.5. The van der Waals surface area contributed by atoms with E-state index in [1.54, 1.807) is 7.11 Å². The molecule has 0 heterocycles. The van der Waals surface area contributed by atoms with Gasteiger partial charge in [0.05, 0.1) is 13.2 Å². The second-order valence-corrected chi connectivity index (χ2v) is 5.27. The van der Waals surface area contributed by atoms with E-state index >= 15 is 0 Å². The van der Waals surface area contributed by atoms with E-state index in [2.05, 4.69) is 12.2 Å².